The number of aldehydes is 2. The van der Waals surface area contributed by atoms with Crippen molar-refractivity contribution in [2.45, 2.75) is 26.8 Å². The number of benzene rings is 1. The fourth-order valence-corrected chi connectivity index (χ4v) is 3.71. The Balaban J connectivity index is 2.20. The van der Waals surface area contributed by atoms with Crippen molar-refractivity contribution in [1.82, 2.24) is 9.88 Å². The molecule has 2 heterocycles. The second kappa shape index (κ2) is 8.66. The topological polar surface area (TPSA) is 59.5 Å². The number of methoxy groups -OCH3 is 1. The Kier molecular flexibility index (Phi) is 6.23. The van der Waals surface area contributed by atoms with Crippen LogP contribution in [0.2, 0.25) is 0 Å². The van der Waals surface area contributed by atoms with E-state index >= 15 is 0 Å². The predicted octanol–water partition coefficient (Wildman–Crippen LogP) is 3.84. The van der Waals surface area contributed by atoms with E-state index in [9.17, 15) is 14.0 Å². The number of nitrogens with zero attached hydrogens (tertiary/aromatic N) is 2. The van der Waals surface area contributed by atoms with Gasteiger partial charge in [0.1, 0.15) is 18.4 Å². The summed E-state index contributed by atoms with van der Waals surface area (Å²) < 4.78 is 19.2. The zero-order chi connectivity index (χ0) is 21.1. The van der Waals surface area contributed by atoms with Gasteiger partial charge in [-0.25, -0.2) is 9.37 Å². The lowest BCUT2D eigenvalue weighted by Gasteiger charge is -2.18. The van der Waals surface area contributed by atoms with Crippen molar-refractivity contribution in [2.24, 2.45) is 5.92 Å². The zero-order valence-corrected chi connectivity index (χ0v) is 17.2. The molecule has 2 aromatic rings. The van der Waals surface area contributed by atoms with E-state index in [0.717, 1.165) is 34.9 Å². The minimum atomic E-state index is -0.421. The number of fused-ring (bicyclic) bond motifs is 2. The first-order chi connectivity index (χ1) is 13.9. The zero-order valence-electron chi connectivity index (χ0n) is 17.2. The van der Waals surface area contributed by atoms with Gasteiger partial charge in [-0.1, -0.05) is 6.92 Å². The molecule has 0 N–H and O–H groups in total. The number of aromatic nitrogens is 1. The van der Waals surface area contributed by atoms with Crippen molar-refractivity contribution >= 4 is 29.2 Å². The molecule has 1 atom stereocenters. The van der Waals surface area contributed by atoms with Gasteiger partial charge < -0.3 is 14.4 Å². The number of pyridine rings is 1. The van der Waals surface area contributed by atoms with Crippen LogP contribution in [0, 0.1) is 18.7 Å². The Morgan fingerprint density at radius 3 is 2.72 bits per heavy atom. The molecule has 1 aromatic heterocycles. The molecule has 1 aliphatic heterocycles. The van der Waals surface area contributed by atoms with Gasteiger partial charge in [-0.05, 0) is 48.3 Å². The summed E-state index contributed by atoms with van der Waals surface area (Å²) in [5.41, 5.74) is 4.79. The maximum Gasteiger partial charge on any atom is 0.148 e. The monoisotopic (exact) mass is 396 g/mol. The van der Waals surface area contributed by atoms with E-state index in [-0.39, 0.29) is 12.4 Å². The summed E-state index contributed by atoms with van der Waals surface area (Å²) in [4.78, 5) is 30.0. The first-order valence-electron chi connectivity index (χ1n) is 9.58. The number of halogens is 1. The summed E-state index contributed by atoms with van der Waals surface area (Å²) in [5.74, 6) is -0.714. The molecule has 0 spiro atoms. The fraction of sp³-hybridized carbons (Fsp3) is 0.348. The maximum atomic E-state index is 14.1. The normalized spacial score (nSPS) is 16.7. The van der Waals surface area contributed by atoms with Crippen LogP contribution in [0.4, 0.5) is 4.39 Å². The molecule has 3 rings (SSSR count). The molecule has 29 heavy (non-hydrogen) atoms. The van der Waals surface area contributed by atoms with Crippen LogP contribution in [-0.2, 0) is 20.9 Å². The fourth-order valence-electron chi connectivity index (χ4n) is 3.71. The quantitative estimate of drug-likeness (QED) is 0.526. The molecule has 0 unspecified atom stereocenters. The highest BCUT2D eigenvalue weighted by Crippen LogP contribution is 2.35. The lowest BCUT2D eigenvalue weighted by Crippen LogP contribution is -2.13. The first-order valence-corrected chi connectivity index (χ1v) is 9.58. The summed E-state index contributed by atoms with van der Waals surface area (Å²) in [7, 11) is 3.44. The Bertz CT molecular complexity index is 1030. The summed E-state index contributed by atoms with van der Waals surface area (Å²) in [6.45, 7) is 4.40. The molecule has 1 aliphatic rings. The van der Waals surface area contributed by atoms with Gasteiger partial charge in [0.15, 0.2) is 0 Å². The van der Waals surface area contributed by atoms with Gasteiger partial charge in [0.25, 0.3) is 0 Å². The highest BCUT2D eigenvalue weighted by Gasteiger charge is 2.26. The highest BCUT2D eigenvalue weighted by atomic mass is 19.1. The maximum absolute atomic E-state index is 14.1. The average molecular weight is 396 g/mol. The molecule has 5 nitrogen and oxygen atoms in total. The molecule has 0 fully saturated rings. The van der Waals surface area contributed by atoms with E-state index in [1.807, 2.05) is 31.0 Å². The van der Waals surface area contributed by atoms with E-state index in [2.05, 4.69) is 0 Å². The third kappa shape index (κ3) is 3.98. The number of ether oxygens (including phenoxy) is 1. The molecule has 0 aliphatic carbocycles. The molecule has 6 heteroatoms. The van der Waals surface area contributed by atoms with Gasteiger partial charge in [0.2, 0.25) is 0 Å². The van der Waals surface area contributed by atoms with Crippen molar-refractivity contribution in [1.29, 1.82) is 0 Å². The van der Waals surface area contributed by atoms with Crippen LogP contribution in [0.1, 0.15) is 30.2 Å². The molecular formula is C23H25FN2O3. The van der Waals surface area contributed by atoms with Crippen molar-refractivity contribution in [3.63, 3.8) is 0 Å². The van der Waals surface area contributed by atoms with Gasteiger partial charge in [0.05, 0.1) is 23.5 Å². The molecule has 0 radical (unpaired) electrons. The van der Waals surface area contributed by atoms with Gasteiger partial charge in [-0.2, -0.15) is 0 Å². The SMILES string of the molecule is CC[C@@H](C=O)C(/C=C1/c2nc3cc(F)c(C)cc3cc2CN1C)=C(/C=O)COC. The Morgan fingerprint density at radius 2 is 2.10 bits per heavy atom. The number of carbonyl (C=O) groups excluding carboxylic acids is 2. The van der Waals surface area contributed by atoms with Gasteiger partial charge in [0, 0.05) is 43.6 Å². The average Bonchev–Trinajstić information content (AvgIpc) is 3.00. The van der Waals surface area contributed by atoms with Gasteiger partial charge in [-0.15, -0.1) is 0 Å². The molecule has 0 saturated heterocycles. The predicted molar refractivity (Wildman–Crippen MR) is 111 cm³/mol. The summed E-state index contributed by atoms with van der Waals surface area (Å²) in [6, 6.07) is 5.27. The minimum absolute atomic E-state index is 0.124. The van der Waals surface area contributed by atoms with Crippen LogP contribution < -0.4 is 0 Å². The van der Waals surface area contributed by atoms with Gasteiger partial charge >= 0.3 is 0 Å². The minimum Gasteiger partial charge on any atom is -0.380 e. The molecule has 1 aromatic carbocycles. The number of allylic oxidation sites excluding steroid dienone is 2. The third-order valence-electron chi connectivity index (χ3n) is 5.34. The molecule has 0 bridgehead atoms. The van der Waals surface area contributed by atoms with Crippen LogP contribution in [0.25, 0.3) is 16.6 Å². The van der Waals surface area contributed by atoms with Crippen molar-refractivity contribution in [2.75, 3.05) is 20.8 Å². The second-order valence-corrected chi connectivity index (χ2v) is 7.36. The highest BCUT2D eigenvalue weighted by molar-refractivity contribution is 5.86. The van der Waals surface area contributed by atoms with Crippen LogP contribution >= 0.6 is 0 Å². The van der Waals surface area contributed by atoms with Crippen LogP contribution in [0.5, 0.6) is 0 Å². The second-order valence-electron chi connectivity index (χ2n) is 7.36. The van der Waals surface area contributed by atoms with Crippen molar-refractivity contribution in [3.05, 3.63) is 58.1 Å². The van der Waals surface area contributed by atoms with Gasteiger partial charge in [-0.3, -0.25) is 4.79 Å². The summed E-state index contributed by atoms with van der Waals surface area (Å²) in [6.07, 6.45) is 4.01. The Hall–Kier alpha value is -2.86. The third-order valence-corrected chi connectivity index (χ3v) is 5.34. The summed E-state index contributed by atoms with van der Waals surface area (Å²) >= 11 is 0. The smallest absolute Gasteiger partial charge is 0.148 e. The molecule has 152 valence electrons. The van der Waals surface area contributed by atoms with Crippen molar-refractivity contribution < 1.29 is 18.7 Å². The van der Waals surface area contributed by atoms with Crippen molar-refractivity contribution in [3.8, 4) is 0 Å². The largest absolute Gasteiger partial charge is 0.380 e. The number of hydrogen-bond acceptors (Lipinski definition) is 5. The van der Waals surface area contributed by atoms with E-state index in [4.69, 9.17) is 9.72 Å². The van der Waals surface area contributed by atoms with E-state index < -0.39 is 5.92 Å². The molecule has 0 saturated carbocycles. The molecular weight excluding hydrogens is 371 g/mol. The number of hydrogen-bond donors (Lipinski definition) is 0. The number of carbonyl (C=O) groups is 2. The van der Waals surface area contributed by atoms with E-state index in [1.54, 1.807) is 13.0 Å². The van der Waals surface area contributed by atoms with E-state index in [0.29, 0.717) is 35.2 Å². The standard InChI is InChI=1S/C23H25FN2O3/c1-5-15(11-27)19(18(12-28)13-29-4)8-22-23-17(10-26(22)3)7-16-6-14(2)20(24)9-21(16)25-23/h6-9,11-12,15H,5,10,13H2,1-4H3/b19-18-,22-8-/t15-/m0/s1. The van der Waals surface area contributed by atoms with E-state index in [1.165, 1.54) is 13.2 Å². The Morgan fingerprint density at radius 1 is 1.34 bits per heavy atom. The number of aryl methyl sites for hydroxylation is 1. The summed E-state index contributed by atoms with van der Waals surface area (Å²) in [5, 5.41) is 0.889. The lowest BCUT2D eigenvalue weighted by atomic mass is 9.92. The van der Waals surface area contributed by atoms with Crippen LogP contribution in [0.15, 0.2) is 35.4 Å². The molecule has 0 amide bonds. The first kappa shape index (κ1) is 20.9. The number of rotatable bonds is 7. The lowest BCUT2D eigenvalue weighted by molar-refractivity contribution is -0.110. The Labute approximate surface area is 169 Å². The van der Waals surface area contributed by atoms with Crippen LogP contribution in [0.3, 0.4) is 0 Å². The van der Waals surface area contributed by atoms with Crippen LogP contribution in [-0.4, -0.2) is 43.2 Å².